The predicted octanol–water partition coefficient (Wildman–Crippen LogP) is 1.45. The first-order valence-electron chi connectivity index (χ1n) is 5.69. The van der Waals surface area contributed by atoms with E-state index in [1.807, 2.05) is 4.90 Å². The third-order valence-corrected chi connectivity index (χ3v) is 3.91. The summed E-state index contributed by atoms with van der Waals surface area (Å²) in [5, 5.41) is 8.69. The molecule has 1 unspecified atom stereocenters. The van der Waals surface area contributed by atoms with Gasteiger partial charge in [0.1, 0.15) is 0 Å². The number of likely N-dealkylation sites (tertiary alicyclic amines) is 1. The highest BCUT2D eigenvalue weighted by atomic mass is 32.2. The number of carbonyl (C=O) groups is 2. The summed E-state index contributed by atoms with van der Waals surface area (Å²) in [7, 11) is 0. The van der Waals surface area contributed by atoms with Crippen LogP contribution >= 0.6 is 11.8 Å². The van der Waals surface area contributed by atoms with Crippen LogP contribution in [0.4, 0.5) is 0 Å². The van der Waals surface area contributed by atoms with Crippen LogP contribution < -0.4 is 0 Å². The lowest BCUT2D eigenvalue weighted by molar-refractivity contribution is -0.140. The summed E-state index contributed by atoms with van der Waals surface area (Å²) in [6.45, 7) is 3.41. The van der Waals surface area contributed by atoms with E-state index in [0.717, 1.165) is 25.9 Å². The van der Waals surface area contributed by atoms with Crippen LogP contribution in [-0.4, -0.2) is 46.5 Å². The van der Waals surface area contributed by atoms with Crippen LogP contribution in [0.1, 0.15) is 26.2 Å². The Morgan fingerprint density at radius 2 is 1.94 bits per heavy atom. The zero-order valence-electron chi connectivity index (χ0n) is 9.65. The van der Waals surface area contributed by atoms with E-state index in [4.69, 9.17) is 5.11 Å². The number of piperidine rings is 1. The van der Waals surface area contributed by atoms with Gasteiger partial charge in [0, 0.05) is 18.8 Å². The van der Waals surface area contributed by atoms with Crippen molar-refractivity contribution in [1.82, 2.24) is 4.90 Å². The number of amides is 1. The Morgan fingerprint density at radius 3 is 2.50 bits per heavy atom. The molecule has 16 heavy (non-hydrogen) atoms. The van der Waals surface area contributed by atoms with Crippen LogP contribution in [0, 0.1) is 5.92 Å². The monoisotopic (exact) mass is 245 g/mol. The number of rotatable bonds is 5. The standard InChI is InChI=1S/C11H19NO3S/c1-9(11(14)15)7-16-8-10(13)12-5-3-2-4-6-12/h9H,2-8H2,1H3,(H,14,15). The second kappa shape index (κ2) is 6.78. The van der Waals surface area contributed by atoms with E-state index in [-0.39, 0.29) is 11.8 Å². The minimum atomic E-state index is -0.794. The van der Waals surface area contributed by atoms with E-state index in [0.29, 0.717) is 11.5 Å². The summed E-state index contributed by atoms with van der Waals surface area (Å²) in [5.41, 5.74) is 0. The maximum atomic E-state index is 11.7. The van der Waals surface area contributed by atoms with Crippen molar-refractivity contribution < 1.29 is 14.7 Å². The van der Waals surface area contributed by atoms with Crippen molar-refractivity contribution in [3.63, 3.8) is 0 Å². The molecule has 0 aromatic heterocycles. The van der Waals surface area contributed by atoms with Crippen LogP contribution in [0.3, 0.4) is 0 Å². The number of hydrogen-bond acceptors (Lipinski definition) is 3. The fraction of sp³-hybridized carbons (Fsp3) is 0.818. The SMILES string of the molecule is CC(CSCC(=O)N1CCCCC1)C(=O)O. The second-order valence-electron chi connectivity index (χ2n) is 4.20. The summed E-state index contributed by atoms with van der Waals surface area (Å²) in [4.78, 5) is 24.2. The molecule has 5 heteroatoms. The second-order valence-corrected chi connectivity index (χ2v) is 5.23. The molecule has 1 aliphatic rings. The average molecular weight is 245 g/mol. The van der Waals surface area contributed by atoms with E-state index in [2.05, 4.69) is 0 Å². The normalized spacial score (nSPS) is 18.2. The Kier molecular flexibility index (Phi) is 5.66. The number of thioether (sulfide) groups is 1. The van der Waals surface area contributed by atoms with Crippen molar-refractivity contribution in [3.8, 4) is 0 Å². The molecule has 1 N–H and O–H groups in total. The Morgan fingerprint density at radius 1 is 1.31 bits per heavy atom. The Bertz CT molecular complexity index is 252. The number of carboxylic acids is 1. The smallest absolute Gasteiger partial charge is 0.307 e. The molecule has 0 aromatic rings. The molecule has 4 nitrogen and oxygen atoms in total. The molecule has 1 saturated heterocycles. The molecule has 1 rings (SSSR count). The van der Waals surface area contributed by atoms with Gasteiger partial charge in [-0.05, 0) is 19.3 Å². The highest BCUT2D eigenvalue weighted by Gasteiger charge is 2.17. The van der Waals surface area contributed by atoms with Crippen LogP contribution in [0.5, 0.6) is 0 Å². The third kappa shape index (κ3) is 4.43. The molecular weight excluding hydrogens is 226 g/mol. The number of carboxylic acid groups (broad SMARTS) is 1. The Hall–Kier alpha value is -0.710. The molecule has 92 valence electrons. The van der Waals surface area contributed by atoms with Crippen molar-refractivity contribution in [2.24, 2.45) is 5.92 Å². The van der Waals surface area contributed by atoms with Crippen molar-refractivity contribution >= 4 is 23.6 Å². The molecular formula is C11H19NO3S. The first kappa shape index (κ1) is 13.4. The lowest BCUT2D eigenvalue weighted by atomic mass is 10.1. The molecule has 0 aliphatic carbocycles. The molecule has 1 heterocycles. The molecule has 0 spiro atoms. The Labute approximate surface area is 100 Å². The fourth-order valence-electron chi connectivity index (χ4n) is 1.63. The van der Waals surface area contributed by atoms with E-state index in [1.165, 1.54) is 18.2 Å². The van der Waals surface area contributed by atoms with Gasteiger partial charge in [0.05, 0.1) is 11.7 Å². The van der Waals surface area contributed by atoms with Gasteiger partial charge in [-0.1, -0.05) is 6.92 Å². The zero-order chi connectivity index (χ0) is 12.0. The van der Waals surface area contributed by atoms with Gasteiger partial charge in [-0.15, -0.1) is 0 Å². The summed E-state index contributed by atoms with van der Waals surface area (Å²) in [6, 6.07) is 0. The number of aliphatic carboxylic acids is 1. The van der Waals surface area contributed by atoms with Gasteiger partial charge >= 0.3 is 5.97 Å². The van der Waals surface area contributed by atoms with Gasteiger partial charge in [0.2, 0.25) is 5.91 Å². The first-order valence-corrected chi connectivity index (χ1v) is 6.85. The fourth-order valence-corrected chi connectivity index (χ4v) is 2.60. The lowest BCUT2D eigenvalue weighted by Gasteiger charge is -2.26. The van der Waals surface area contributed by atoms with Crippen molar-refractivity contribution in [2.75, 3.05) is 24.6 Å². The number of carbonyl (C=O) groups excluding carboxylic acids is 1. The molecule has 1 amide bonds. The van der Waals surface area contributed by atoms with E-state index in [1.54, 1.807) is 6.92 Å². The average Bonchev–Trinajstić information content (AvgIpc) is 2.29. The van der Waals surface area contributed by atoms with Gasteiger partial charge in [0.15, 0.2) is 0 Å². The van der Waals surface area contributed by atoms with E-state index >= 15 is 0 Å². The van der Waals surface area contributed by atoms with Gasteiger partial charge in [-0.3, -0.25) is 9.59 Å². The van der Waals surface area contributed by atoms with Crippen LogP contribution in [-0.2, 0) is 9.59 Å². The van der Waals surface area contributed by atoms with E-state index < -0.39 is 5.97 Å². The third-order valence-electron chi connectivity index (χ3n) is 2.72. The largest absolute Gasteiger partial charge is 0.481 e. The molecule has 0 radical (unpaired) electrons. The maximum Gasteiger partial charge on any atom is 0.307 e. The minimum absolute atomic E-state index is 0.155. The number of nitrogens with zero attached hydrogens (tertiary/aromatic N) is 1. The van der Waals surface area contributed by atoms with Crippen molar-refractivity contribution in [1.29, 1.82) is 0 Å². The summed E-state index contributed by atoms with van der Waals surface area (Å²) in [6.07, 6.45) is 3.41. The Balaban J connectivity index is 2.16. The minimum Gasteiger partial charge on any atom is -0.481 e. The van der Waals surface area contributed by atoms with Crippen molar-refractivity contribution in [3.05, 3.63) is 0 Å². The predicted molar refractivity (Wildman–Crippen MR) is 64.6 cm³/mol. The van der Waals surface area contributed by atoms with Gasteiger partial charge in [0.25, 0.3) is 0 Å². The quantitative estimate of drug-likeness (QED) is 0.796. The molecule has 1 fully saturated rings. The summed E-state index contributed by atoms with van der Waals surface area (Å²) < 4.78 is 0. The highest BCUT2D eigenvalue weighted by Crippen LogP contribution is 2.13. The van der Waals surface area contributed by atoms with E-state index in [9.17, 15) is 9.59 Å². The van der Waals surface area contributed by atoms with Gasteiger partial charge in [-0.2, -0.15) is 11.8 Å². The highest BCUT2D eigenvalue weighted by molar-refractivity contribution is 7.99. The molecule has 0 saturated carbocycles. The van der Waals surface area contributed by atoms with Crippen LogP contribution in [0.25, 0.3) is 0 Å². The zero-order valence-corrected chi connectivity index (χ0v) is 10.5. The molecule has 1 atom stereocenters. The topological polar surface area (TPSA) is 57.6 Å². The molecule has 1 aliphatic heterocycles. The van der Waals surface area contributed by atoms with Crippen LogP contribution in [0.2, 0.25) is 0 Å². The van der Waals surface area contributed by atoms with Gasteiger partial charge < -0.3 is 10.0 Å². The summed E-state index contributed by atoms with van der Waals surface area (Å²) >= 11 is 1.42. The molecule has 0 bridgehead atoms. The molecule has 0 aromatic carbocycles. The lowest BCUT2D eigenvalue weighted by Crippen LogP contribution is -2.36. The maximum absolute atomic E-state index is 11.7. The first-order chi connectivity index (χ1) is 7.61. The van der Waals surface area contributed by atoms with Crippen LogP contribution in [0.15, 0.2) is 0 Å². The number of hydrogen-bond donors (Lipinski definition) is 1. The summed E-state index contributed by atoms with van der Waals surface area (Å²) in [5.74, 6) is -0.0913. The van der Waals surface area contributed by atoms with Crippen molar-refractivity contribution in [2.45, 2.75) is 26.2 Å². The van der Waals surface area contributed by atoms with Gasteiger partial charge in [-0.25, -0.2) is 0 Å².